The number of nitrogens with one attached hydrogen (secondary N) is 2. The van der Waals surface area contributed by atoms with Crippen LogP contribution in [0.4, 0.5) is 4.79 Å². The third-order valence-electron chi connectivity index (χ3n) is 4.17. The Kier molecular flexibility index (Phi) is 4.11. The molecule has 124 valence electrons. The second-order valence-electron chi connectivity index (χ2n) is 5.57. The van der Waals surface area contributed by atoms with Crippen molar-refractivity contribution in [3.05, 3.63) is 57.8 Å². The number of imide groups is 1. The maximum atomic E-state index is 12.9. The molecule has 0 aliphatic carbocycles. The van der Waals surface area contributed by atoms with Gasteiger partial charge in [0.05, 0.1) is 4.88 Å². The first-order valence-corrected chi connectivity index (χ1v) is 8.45. The van der Waals surface area contributed by atoms with E-state index in [1.54, 1.807) is 24.4 Å². The Morgan fingerprint density at radius 2 is 1.96 bits per heavy atom. The lowest BCUT2D eigenvalue weighted by Crippen LogP contribution is -2.48. The molecule has 0 unspecified atom stereocenters. The molecule has 2 aromatic rings. The van der Waals surface area contributed by atoms with E-state index in [0.717, 1.165) is 10.6 Å². The van der Waals surface area contributed by atoms with Crippen molar-refractivity contribution in [2.24, 2.45) is 0 Å². The Morgan fingerprint density at radius 1 is 1.25 bits per heavy atom. The number of hydrazine groups is 1. The maximum Gasteiger partial charge on any atom is 0.344 e. The van der Waals surface area contributed by atoms with E-state index < -0.39 is 23.4 Å². The molecule has 2 heterocycles. The monoisotopic (exact) mass is 343 g/mol. The second kappa shape index (κ2) is 6.09. The molecule has 7 heteroatoms. The number of carbonyl (C=O) groups excluding carboxylic acids is 3. The summed E-state index contributed by atoms with van der Waals surface area (Å²) in [5.74, 6) is -0.949. The average Bonchev–Trinajstić information content (AvgIpc) is 3.12. The van der Waals surface area contributed by atoms with Crippen LogP contribution in [0.3, 0.4) is 0 Å². The molecule has 1 aromatic carbocycles. The van der Waals surface area contributed by atoms with Crippen LogP contribution in [0.15, 0.2) is 41.8 Å². The van der Waals surface area contributed by atoms with Crippen molar-refractivity contribution >= 4 is 29.2 Å². The number of rotatable bonds is 4. The van der Waals surface area contributed by atoms with Crippen molar-refractivity contribution in [3.8, 4) is 0 Å². The Balaban J connectivity index is 1.89. The van der Waals surface area contributed by atoms with Crippen LogP contribution in [-0.2, 0) is 10.3 Å². The van der Waals surface area contributed by atoms with E-state index in [0.29, 0.717) is 16.9 Å². The number of carbonyl (C=O) groups is 3. The minimum absolute atomic E-state index is 0.381. The summed E-state index contributed by atoms with van der Waals surface area (Å²) >= 11 is 1.26. The maximum absolute atomic E-state index is 12.9. The van der Waals surface area contributed by atoms with Gasteiger partial charge in [0.1, 0.15) is 5.54 Å². The van der Waals surface area contributed by atoms with Gasteiger partial charge in [0.25, 0.3) is 11.8 Å². The van der Waals surface area contributed by atoms with Gasteiger partial charge in [-0.15, -0.1) is 11.3 Å². The van der Waals surface area contributed by atoms with Crippen LogP contribution in [0.1, 0.15) is 34.1 Å². The standard InChI is InChI=1S/C17H17N3O3S/c1-3-17(12-7-5-4-6-8-12)15(22)20(16(23)18-17)19-14(21)13-11(2)9-10-24-13/h4-10H,3H2,1-2H3,(H,18,23)(H,19,21)/t17-/m0/s1. The molecule has 4 amide bonds. The van der Waals surface area contributed by atoms with Crippen molar-refractivity contribution < 1.29 is 14.4 Å². The smallest absolute Gasteiger partial charge is 0.318 e. The molecular weight excluding hydrogens is 326 g/mol. The van der Waals surface area contributed by atoms with Gasteiger partial charge in [0, 0.05) is 0 Å². The van der Waals surface area contributed by atoms with Crippen LogP contribution < -0.4 is 10.7 Å². The number of hydrogen-bond donors (Lipinski definition) is 2. The molecule has 2 N–H and O–H groups in total. The molecular formula is C17H17N3O3S. The molecule has 24 heavy (non-hydrogen) atoms. The summed E-state index contributed by atoms with van der Waals surface area (Å²) in [6.07, 6.45) is 0.381. The zero-order valence-corrected chi connectivity index (χ0v) is 14.1. The molecule has 0 radical (unpaired) electrons. The Bertz CT molecular complexity index is 802. The zero-order valence-electron chi connectivity index (χ0n) is 13.3. The number of aryl methyl sites for hydroxylation is 1. The lowest BCUT2D eigenvalue weighted by Gasteiger charge is -2.25. The summed E-state index contributed by atoms with van der Waals surface area (Å²) in [5, 5.41) is 5.29. The molecule has 1 aliphatic heterocycles. The highest BCUT2D eigenvalue weighted by atomic mass is 32.1. The quantitative estimate of drug-likeness (QED) is 0.838. The number of nitrogens with zero attached hydrogens (tertiary/aromatic N) is 1. The number of thiophene rings is 1. The Hall–Kier alpha value is -2.67. The number of amides is 4. The van der Waals surface area contributed by atoms with Gasteiger partial charge in [0.2, 0.25) is 0 Å². The molecule has 0 spiro atoms. The largest absolute Gasteiger partial charge is 0.344 e. The normalized spacial score (nSPS) is 20.2. The molecule has 1 aromatic heterocycles. The fourth-order valence-electron chi connectivity index (χ4n) is 2.80. The van der Waals surface area contributed by atoms with E-state index in [-0.39, 0.29) is 0 Å². The highest BCUT2D eigenvalue weighted by molar-refractivity contribution is 7.12. The average molecular weight is 343 g/mol. The molecule has 1 saturated heterocycles. The van der Waals surface area contributed by atoms with E-state index >= 15 is 0 Å². The Morgan fingerprint density at radius 3 is 2.54 bits per heavy atom. The first-order valence-electron chi connectivity index (χ1n) is 7.57. The summed E-state index contributed by atoms with van der Waals surface area (Å²) in [6, 6.07) is 10.2. The first kappa shape index (κ1) is 16.2. The zero-order chi connectivity index (χ0) is 17.3. The molecule has 6 nitrogen and oxygen atoms in total. The van der Waals surface area contributed by atoms with E-state index in [1.807, 2.05) is 31.2 Å². The molecule has 1 aliphatic rings. The van der Waals surface area contributed by atoms with E-state index in [4.69, 9.17) is 0 Å². The van der Waals surface area contributed by atoms with Gasteiger partial charge in [-0.2, -0.15) is 5.01 Å². The molecule has 0 saturated carbocycles. The summed E-state index contributed by atoms with van der Waals surface area (Å²) in [4.78, 5) is 38.0. The lowest BCUT2D eigenvalue weighted by atomic mass is 9.87. The fourth-order valence-corrected chi connectivity index (χ4v) is 3.61. The van der Waals surface area contributed by atoms with Gasteiger partial charge in [-0.3, -0.25) is 15.0 Å². The molecule has 3 rings (SSSR count). The van der Waals surface area contributed by atoms with E-state index in [1.165, 1.54) is 11.3 Å². The van der Waals surface area contributed by atoms with Crippen LogP contribution in [0, 0.1) is 6.92 Å². The van der Waals surface area contributed by atoms with E-state index in [2.05, 4.69) is 10.7 Å². The van der Waals surface area contributed by atoms with Gasteiger partial charge in [-0.1, -0.05) is 37.3 Å². The third kappa shape index (κ3) is 2.46. The van der Waals surface area contributed by atoms with Gasteiger partial charge >= 0.3 is 6.03 Å². The summed E-state index contributed by atoms with van der Waals surface area (Å²) in [5.41, 5.74) is 2.76. The molecule has 1 fully saturated rings. The van der Waals surface area contributed by atoms with Crippen molar-refractivity contribution in [2.45, 2.75) is 25.8 Å². The number of hydrogen-bond acceptors (Lipinski definition) is 4. The minimum Gasteiger partial charge on any atom is -0.318 e. The SMILES string of the molecule is CC[C@@]1(c2ccccc2)NC(=O)N(NC(=O)c2sccc2C)C1=O. The summed E-state index contributed by atoms with van der Waals surface area (Å²) in [7, 11) is 0. The Labute approximate surface area is 143 Å². The van der Waals surface area contributed by atoms with E-state index in [9.17, 15) is 14.4 Å². The first-order chi connectivity index (χ1) is 11.5. The van der Waals surface area contributed by atoms with Crippen LogP contribution >= 0.6 is 11.3 Å². The number of benzene rings is 1. The lowest BCUT2D eigenvalue weighted by molar-refractivity contribution is -0.133. The van der Waals surface area contributed by atoms with Crippen molar-refractivity contribution in [1.82, 2.24) is 15.8 Å². The molecule has 1 atom stereocenters. The number of urea groups is 1. The van der Waals surface area contributed by atoms with Gasteiger partial charge in [-0.05, 0) is 35.9 Å². The summed E-state index contributed by atoms with van der Waals surface area (Å²) < 4.78 is 0. The third-order valence-corrected chi connectivity index (χ3v) is 5.19. The van der Waals surface area contributed by atoms with Crippen LogP contribution in [0.5, 0.6) is 0 Å². The highest BCUT2D eigenvalue weighted by Crippen LogP contribution is 2.31. The summed E-state index contributed by atoms with van der Waals surface area (Å²) in [6.45, 7) is 3.62. The minimum atomic E-state index is -1.16. The second-order valence-corrected chi connectivity index (χ2v) is 6.49. The topological polar surface area (TPSA) is 78.5 Å². The predicted octanol–water partition coefficient (Wildman–Crippen LogP) is 2.56. The van der Waals surface area contributed by atoms with Crippen LogP contribution in [0.25, 0.3) is 0 Å². The van der Waals surface area contributed by atoms with Crippen LogP contribution in [0.2, 0.25) is 0 Å². The van der Waals surface area contributed by atoms with Gasteiger partial charge < -0.3 is 5.32 Å². The highest BCUT2D eigenvalue weighted by Gasteiger charge is 2.52. The molecule has 0 bridgehead atoms. The van der Waals surface area contributed by atoms with Crippen molar-refractivity contribution in [2.75, 3.05) is 0 Å². The predicted molar refractivity (Wildman–Crippen MR) is 90.3 cm³/mol. The van der Waals surface area contributed by atoms with Gasteiger partial charge in [0.15, 0.2) is 0 Å². The fraction of sp³-hybridized carbons (Fsp3) is 0.235. The van der Waals surface area contributed by atoms with Crippen molar-refractivity contribution in [3.63, 3.8) is 0 Å². The van der Waals surface area contributed by atoms with Gasteiger partial charge in [-0.25, -0.2) is 4.79 Å². The van der Waals surface area contributed by atoms with Crippen LogP contribution in [-0.4, -0.2) is 22.9 Å². The van der Waals surface area contributed by atoms with Crippen molar-refractivity contribution in [1.29, 1.82) is 0 Å².